The van der Waals surface area contributed by atoms with Crippen LogP contribution in [0.15, 0.2) is 36.5 Å². The summed E-state index contributed by atoms with van der Waals surface area (Å²) in [5, 5.41) is 1.22. The van der Waals surface area contributed by atoms with E-state index in [1.807, 2.05) is 12.3 Å². The molecule has 1 aliphatic carbocycles. The maximum Gasteiger partial charge on any atom is 0.0705 e. The largest absolute Gasteiger partial charge is 0.321 e. The number of rotatable bonds is 1. The molecule has 1 heterocycles. The topological polar surface area (TPSA) is 38.9 Å². The number of nitrogens with two attached hydrogens (primary N) is 1. The fourth-order valence-electron chi connectivity index (χ4n) is 4.24. The molecule has 3 rings (SSSR count). The molecule has 112 valence electrons. The standard InChI is InChI=1S/C19H26N2/c1-18(2,3)17-11-4-5-12-19(17,20)15-9-6-10-16-14(15)8-7-13-21-16/h6-10,13,17H,4-5,11-12,20H2,1-3H3. The first-order valence-electron chi connectivity index (χ1n) is 8.06. The molecule has 2 unspecified atom stereocenters. The van der Waals surface area contributed by atoms with Crippen LogP contribution >= 0.6 is 0 Å². The Balaban J connectivity index is 2.18. The smallest absolute Gasteiger partial charge is 0.0705 e. The average molecular weight is 282 g/mol. The highest BCUT2D eigenvalue weighted by molar-refractivity contribution is 5.83. The molecule has 0 radical (unpaired) electrons. The highest BCUT2D eigenvalue weighted by Gasteiger charge is 2.45. The monoisotopic (exact) mass is 282 g/mol. The number of nitrogens with zero attached hydrogens (tertiary/aromatic N) is 1. The van der Waals surface area contributed by atoms with Crippen molar-refractivity contribution in [3.8, 4) is 0 Å². The molecule has 1 saturated carbocycles. The normalized spacial score (nSPS) is 27.0. The van der Waals surface area contributed by atoms with Crippen LogP contribution in [0.4, 0.5) is 0 Å². The minimum Gasteiger partial charge on any atom is -0.321 e. The Labute approximate surface area is 127 Å². The predicted molar refractivity (Wildman–Crippen MR) is 89.0 cm³/mol. The summed E-state index contributed by atoms with van der Waals surface area (Å²) in [4.78, 5) is 4.50. The van der Waals surface area contributed by atoms with E-state index < -0.39 is 0 Å². The van der Waals surface area contributed by atoms with E-state index in [4.69, 9.17) is 5.73 Å². The predicted octanol–water partition coefficient (Wildman–Crippen LogP) is 4.63. The van der Waals surface area contributed by atoms with Crippen LogP contribution in [0.1, 0.15) is 52.0 Å². The van der Waals surface area contributed by atoms with Gasteiger partial charge in [0.05, 0.1) is 5.52 Å². The minimum atomic E-state index is -0.237. The van der Waals surface area contributed by atoms with E-state index in [0.717, 1.165) is 11.9 Å². The molecule has 2 atom stereocenters. The summed E-state index contributed by atoms with van der Waals surface area (Å²) in [6, 6.07) is 10.6. The molecule has 2 aromatic rings. The van der Waals surface area contributed by atoms with Gasteiger partial charge in [-0.2, -0.15) is 0 Å². The Bertz CT molecular complexity index is 636. The van der Waals surface area contributed by atoms with Crippen LogP contribution < -0.4 is 5.73 Å². The van der Waals surface area contributed by atoms with Crippen molar-refractivity contribution in [2.24, 2.45) is 17.1 Å². The molecule has 21 heavy (non-hydrogen) atoms. The molecule has 2 heteroatoms. The fraction of sp³-hybridized carbons (Fsp3) is 0.526. The molecule has 1 aliphatic rings. The third-order valence-corrected chi connectivity index (χ3v) is 5.15. The van der Waals surface area contributed by atoms with Crippen molar-refractivity contribution in [2.45, 2.75) is 52.0 Å². The van der Waals surface area contributed by atoms with Gasteiger partial charge in [-0.1, -0.05) is 51.8 Å². The van der Waals surface area contributed by atoms with Gasteiger partial charge in [-0.05, 0) is 41.9 Å². The molecule has 1 aromatic heterocycles. The van der Waals surface area contributed by atoms with Gasteiger partial charge >= 0.3 is 0 Å². The summed E-state index contributed by atoms with van der Waals surface area (Å²) in [5.74, 6) is 0.504. The molecule has 1 fully saturated rings. The second kappa shape index (κ2) is 5.10. The van der Waals surface area contributed by atoms with Crippen LogP contribution in [0.5, 0.6) is 0 Å². The quantitative estimate of drug-likeness (QED) is 0.828. The number of pyridine rings is 1. The zero-order chi connectivity index (χ0) is 15.1. The Morgan fingerprint density at radius 3 is 2.71 bits per heavy atom. The van der Waals surface area contributed by atoms with E-state index in [2.05, 4.69) is 50.0 Å². The number of hydrogen-bond donors (Lipinski definition) is 1. The van der Waals surface area contributed by atoms with Gasteiger partial charge in [0, 0.05) is 17.1 Å². The molecule has 0 spiro atoms. The van der Waals surface area contributed by atoms with Crippen LogP contribution in [-0.4, -0.2) is 4.98 Å². The van der Waals surface area contributed by atoms with E-state index in [9.17, 15) is 0 Å². The lowest BCUT2D eigenvalue weighted by Crippen LogP contribution is -2.51. The summed E-state index contributed by atoms with van der Waals surface area (Å²) in [6.45, 7) is 6.98. The SMILES string of the molecule is CC(C)(C)C1CCCCC1(N)c1cccc2ncccc12. The van der Waals surface area contributed by atoms with Crippen molar-refractivity contribution in [1.82, 2.24) is 4.98 Å². The highest BCUT2D eigenvalue weighted by Crippen LogP contribution is 2.49. The Morgan fingerprint density at radius 1 is 1.14 bits per heavy atom. The molecule has 1 aromatic carbocycles. The average Bonchev–Trinajstić information content (AvgIpc) is 2.46. The van der Waals surface area contributed by atoms with Crippen molar-refractivity contribution in [3.63, 3.8) is 0 Å². The third kappa shape index (κ3) is 2.46. The van der Waals surface area contributed by atoms with E-state index in [0.29, 0.717) is 5.92 Å². The second-order valence-electron chi connectivity index (χ2n) is 7.58. The maximum absolute atomic E-state index is 7.05. The summed E-state index contributed by atoms with van der Waals surface area (Å²) in [5.41, 5.74) is 9.37. The number of fused-ring (bicyclic) bond motifs is 1. The molecule has 0 bridgehead atoms. The first kappa shape index (κ1) is 14.5. The molecule has 0 amide bonds. The van der Waals surface area contributed by atoms with Crippen LogP contribution in [0, 0.1) is 11.3 Å². The van der Waals surface area contributed by atoms with Crippen LogP contribution in [0.2, 0.25) is 0 Å². The van der Waals surface area contributed by atoms with Gasteiger partial charge in [-0.25, -0.2) is 0 Å². The van der Waals surface area contributed by atoms with Crippen molar-refractivity contribution >= 4 is 10.9 Å². The van der Waals surface area contributed by atoms with Crippen molar-refractivity contribution in [3.05, 3.63) is 42.1 Å². The lowest BCUT2D eigenvalue weighted by Gasteiger charge is -2.48. The lowest BCUT2D eigenvalue weighted by atomic mass is 9.60. The lowest BCUT2D eigenvalue weighted by molar-refractivity contribution is 0.0788. The number of hydrogen-bond acceptors (Lipinski definition) is 2. The summed E-state index contributed by atoms with van der Waals surface area (Å²) in [6.07, 6.45) is 6.67. The van der Waals surface area contributed by atoms with Gasteiger partial charge in [-0.15, -0.1) is 0 Å². The third-order valence-electron chi connectivity index (χ3n) is 5.15. The van der Waals surface area contributed by atoms with Gasteiger partial charge in [0.1, 0.15) is 0 Å². The molecule has 0 saturated heterocycles. The first-order chi connectivity index (χ1) is 9.93. The van der Waals surface area contributed by atoms with Crippen LogP contribution in [0.3, 0.4) is 0 Å². The zero-order valence-electron chi connectivity index (χ0n) is 13.4. The van der Waals surface area contributed by atoms with Gasteiger partial charge in [0.25, 0.3) is 0 Å². The Kier molecular flexibility index (Phi) is 3.53. The van der Waals surface area contributed by atoms with E-state index in [1.54, 1.807) is 0 Å². The highest BCUT2D eigenvalue weighted by atomic mass is 14.8. The first-order valence-corrected chi connectivity index (χ1v) is 8.06. The van der Waals surface area contributed by atoms with Crippen molar-refractivity contribution < 1.29 is 0 Å². The molecular formula is C19H26N2. The second-order valence-corrected chi connectivity index (χ2v) is 7.58. The maximum atomic E-state index is 7.05. The van der Waals surface area contributed by atoms with Crippen LogP contribution in [-0.2, 0) is 5.54 Å². The van der Waals surface area contributed by atoms with Crippen molar-refractivity contribution in [1.29, 1.82) is 0 Å². The van der Waals surface area contributed by atoms with Crippen LogP contribution in [0.25, 0.3) is 10.9 Å². The number of benzene rings is 1. The summed E-state index contributed by atoms with van der Waals surface area (Å²) in [7, 11) is 0. The van der Waals surface area contributed by atoms with Gasteiger partial charge < -0.3 is 5.73 Å². The van der Waals surface area contributed by atoms with E-state index in [1.165, 1.54) is 30.2 Å². The molecule has 2 nitrogen and oxygen atoms in total. The molecular weight excluding hydrogens is 256 g/mol. The van der Waals surface area contributed by atoms with Gasteiger partial charge in [0.2, 0.25) is 0 Å². The molecule has 0 aliphatic heterocycles. The zero-order valence-corrected chi connectivity index (χ0v) is 13.4. The minimum absolute atomic E-state index is 0.222. The summed E-state index contributed by atoms with van der Waals surface area (Å²) >= 11 is 0. The van der Waals surface area contributed by atoms with Gasteiger partial charge in [-0.3, -0.25) is 4.98 Å². The summed E-state index contributed by atoms with van der Waals surface area (Å²) < 4.78 is 0. The molecule has 2 N–H and O–H groups in total. The number of aromatic nitrogens is 1. The Hall–Kier alpha value is -1.41. The fourth-order valence-corrected chi connectivity index (χ4v) is 4.24. The van der Waals surface area contributed by atoms with E-state index >= 15 is 0 Å². The Morgan fingerprint density at radius 2 is 1.95 bits per heavy atom. The van der Waals surface area contributed by atoms with E-state index in [-0.39, 0.29) is 11.0 Å². The van der Waals surface area contributed by atoms with Gasteiger partial charge in [0.15, 0.2) is 0 Å². The van der Waals surface area contributed by atoms with Crippen molar-refractivity contribution in [2.75, 3.05) is 0 Å².